The SMILES string of the molecule is C=C(C)C(=O)O/C=C\Oc1ccc(-c2ccc(O/C=C\OC)cc2)cc1C(F)(F)F. The van der Waals surface area contributed by atoms with Crippen molar-refractivity contribution in [3.63, 3.8) is 0 Å². The van der Waals surface area contributed by atoms with Crippen LogP contribution in [-0.2, 0) is 20.4 Å². The Kier molecular flexibility index (Phi) is 7.69. The van der Waals surface area contributed by atoms with E-state index in [0.29, 0.717) is 16.9 Å². The Bertz CT molecular complexity index is 944. The van der Waals surface area contributed by atoms with Gasteiger partial charge in [-0.1, -0.05) is 24.8 Å². The molecule has 0 aliphatic rings. The van der Waals surface area contributed by atoms with E-state index in [0.717, 1.165) is 18.6 Å². The van der Waals surface area contributed by atoms with E-state index >= 15 is 0 Å². The molecule has 0 radical (unpaired) electrons. The number of alkyl halides is 3. The van der Waals surface area contributed by atoms with Crippen LogP contribution in [0.4, 0.5) is 13.2 Å². The molecule has 0 spiro atoms. The highest BCUT2D eigenvalue weighted by Gasteiger charge is 2.34. The maximum absolute atomic E-state index is 13.5. The fraction of sp³-hybridized carbons (Fsp3) is 0.136. The Morgan fingerprint density at radius 2 is 1.57 bits per heavy atom. The van der Waals surface area contributed by atoms with Crippen molar-refractivity contribution in [2.75, 3.05) is 7.11 Å². The fourth-order valence-electron chi connectivity index (χ4n) is 2.21. The molecule has 2 aromatic carbocycles. The van der Waals surface area contributed by atoms with E-state index in [1.165, 1.54) is 38.7 Å². The van der Waals surface area contributed by atoms with Crippen LogP contribution in [0.1, 0.15) is 12.5 Å². The van der Waals surface area contributed by atoms with Gasteiger partial charge >= 0.3 is 12.1 Å². The van der Waals surface area contributed by atoms with Crippen molar-refractivity contribution < 1.29 is 36.9 Å². The van der Waals surface area contributed by atoms with Crippen LogP contribution in [0.3, 0.4) is 0 Å². The lowest BCUT2D eigenvalue weighted by Gasteiger charge is -2.14. The molecule has 0 fully saturated rings. The van der Waals surface area contributed by atoms with E-state index in [1.54, 1.807) is 24.3 Å². The number of halogens is 3. The van der Waals surface area contributed by atoms with E-state index in [2.05, 4.69) is 11.3 Å². The molecule has 0 amide bonds. The smallest absolute Gasteiger partial charge is 0.420 e. The fourth-order valence-corrected chi connectivity index (χ4v) is 2.21. The van der Waals surface area contributed by atoms with Gasteiger partial charge in [0.15, 0.2) is 0 Å². The van der Waals surface area contributed by atoms with Gasteiger partial charge in [-0.2, -0.15) is 13.2 Å². The molecule has 2 rings (SSSR count). The summed E-state index contributed by atoms with van der Waals surface area (Å²) in [6.45, 7) is 4.82. The molecule has 0 unspecified atom stereocenters. The first-order valence-corrected chi connectivity index (χ1v) is 8.56. The molecule has 0 N–H and O–H groups in total. The predicted molar refractivity (Wildman–Crippen MR) is 104 cm³/mol. The molecule has 0 atom stereocenters. The highest BCUT2D eigenvalue weighted by Crippen LogP contribution is 2.39. The van der Waals surface area contributed by atoms with Crippen LogP contribution >= 0.6 is 0 Å². The van der Waals surface area contributed by atoms with Crippen molar-refractivity contribution in [3.05, 3.63) is 85.2 Å². The zero-order valence-corrected chi connectivity index (χ0v) is 16.2. The van der Waals surface area contributed by atoms with Crippen LogP contribution in [0.15, 0.2) is 79.7 Å². The largest absolute Gasteiger partial charge is 0.501 e. The zero-order chi connectivity index (χ0) is 22.1. The van der Waals surface area contributed by atoms with Crippen LogP contribution in [0.25, 0.3) is 11.1 Å². The van der Waals surface area contributed by atoms with Crippen LogP contribution in [-0.4, -0.2) is 13.1 Å². The quantitative estimate of drug-likeness (QED) is 0.305. The van der Waals surface area contributed by atoms with E-state index in [1.807, 2.05) is 0 Å². The van der Waals surface area contributed by atoms with Crippen molar-refractivity contribution in [2.24, 2.45) is 0 Å². The highest BCUT2D eigenvalue weighted by molar-refractivity contribution is 5.87. The maximum Gasteiger partial charge on any atom is 0.420 e. The maximum atomic E-state index is 13.5. The number of hydrogen-bond acceptors (Lipinski definition) is 5. The van der Waals surface area contributed by atoms with E-state index in [9.17, 15) is 18.0 Å². The van der Waals surface area contributed by atoms with Crippen LogP contribution in [0.2, 0.25) is 0 Å². The Labute approximate surface area is 171 Å². The van der Waals surface area contributed by atoms with Gasteiger partial charge in [0.2, 0.25) is 0 Å². The third-order valence-electron chi connectivity index (χ3n) is 3.64. The van der Waals surface area contributed by atoms with Crippen molar-refractivity contribution in [1.82, 2.24) is 0 Å². The number of carbonyl (C=O) groups is 1. The molecule has 0 saturated carbocycles. The van der Waals surface area contributed by atoms with Gasteiger partial charge in [-0.3, -0.25) is 0 Å². The average Bonchev–Trinajstić information content (AvgIpc) is 2.71. The van der Waals surface area contributed by atoms with Gasteiger partial charge in [0.05, 0.1) is 12.7 Å². The summed E-state index contributed by atoms with van der Waals surface area (Å²) in [5.41, 5.74) is 0.0674. The van der Waals surface area contributed by atoms with Gasteiger partial charge in [-0.25, -0.2) is 4.79 Å². The van der Waals surface area contributed by atoms with Gasteiger partial charge in [0, 0.05) is 5.57 Å². The standard InChI is InChI=1S/C22H19F3O5/c1-15(2)21(26)30-13-12-29-20-9-6-17(14-19(20)22(23,24)25)16-4-7-18(8-5-16)28-11-10-27-3/h4-14H,1H2,2-3H3/b11-10-,13-12-. The van der Waals surface area contributed by atoms with Crippen LogP contribution < -0.4 is 9.47 Å². The molecule has 0 bridgehead atoms. The summed E-state index contributed by atoms with van der Waals surface area (Å²) >= 11 is 0. The number of hydrogen-bond donors (Lipinski definition) is 0. The molecule has 8 heteroatoms. The third-order valence-corrected chi connectivity index (χ3v) is 3.64. The molecule has 5 nitrogen and oxygen atoms in total. The second kappa shape index (κ2) is 10.2. The number of ether oxygens (including phenoxy) is 4. The normalized spacial score (nSPS) is 11.5. The Morgan fingerprint density at radius 1 is 0.933 bits per heavy atom. The summed E-state index contributed by atoms with van der Waals surface area (Å²) in [6, 6.07) is 10.1. The lowest BCUT2D eigenvalue weighted by atomic mass is 10.0. The van der Waals surface area contributed by atoms with Crippen LogP contribution in [0, 0.1) is 0 Å². The molecule has 0 aliphatic carbocycles. The van der Waals surface area contributed by atoms with Gasteiger partial charge in [-0.05, 0) is 42.3 Å². The predicted octanol–water partition coefficient (Wildman–Crippen LogP) is 5.84. The lowest BCUT2D eigenvalue weighted by molar-refractivity contribution is -0.138. The van der Waals surface area contributed by atoms with E-state index in [4.69, 9.17) is 14.2 Å². The summed E-state index contributed by atoms with van der Waals surface area (Å²) in [4.78, 5) is 11.3. The molecule has 0 aromatic heterocycles. The Balaban J connectivity index is 2.21. The van der Waals surface area contributed by atoms with Gasteiger partial charge < -0.3 is 18.9 Å². The van der Waals surface area contributed by atoms with Crippen LogP contribution in [0.5, 0.6) is 11.5 Å². The molecule has 2 aromatic rings. The molecular formula is C22H19F3O5. The molecule has 158 valence electrons. The molecule has 0 heterocycles. The highest BCUT2D eigenvalue weighted by atomic mass is 19.4. The summed E-state index contributed by atoms with van der Waals surface area (Å²) in [5.74, 6) is -0.651. The summed E-state index contributed by atoms with van der Waals surface area (Å²) in [5, 5.41) is 0. The van der Waals surface area contributed by atoms with Crippen molar-refractivity contribution in [2.45, 2.75) is 13.1 Å². The summed E-state index contributed by atoms with van der Waals surface area (Å²) in [6.07, 6.45) is -0.269. The van der Waals surface area contributed by atoms with Crippen molar-refractivity contribution in [1.29, 1.82) is 0 Å². The monoisotopic (exact) mass is 420 g/mol. The third kappa shape index (κ3) is 6.44. The number of methoxy groups -OCH3 is 1. The first-order valence-electron chi connectivity index (χ1n) is 8.56. The molecule has 30 heavy (non-hydrogen) atoms. The van der Waals surface area contributed by atoms with E-state index in [-0.39, 0.29) is 5.57 Å². The average molecular weight is 420 g/mol. The minimum atomic E-state index is -4.65. The van der Waals surface area contributed by atoms with Gasteiger partial charge in [0.1, 0.15) is 36.5 Å². The number of esters is 1. The minimum absolute atomic E-state index is 0.145. The number of carbonyl (C=O) groups excluding carboxylic acids is 1. The summed E-state index contributed by atoms with van der Waals surface area (Å²) in [7, 11) is 1.47. The topological polar surface area (TPSA) is 54.0 Å². The Hall–Kier alpha value is -3.68. The summed E-state index contributed by atoms with van der Waals surface area (Å²) < 4.78 is 60.1. The lowest BCUT2D eigenvalue weighted by Crippen LogP contribution is -2.07. The number of rotatable bonds is 8. The van der Waals surface area contributed by atoms with E-state index < -0.39 is 23.5 Å². The van der Waals surface area contributed by atoms with Crippen molar-refractivity contribution in [3.8, 4) is 22.6 Å². The zero-order valence-electron chi connectivity index (χ0n) is 16.2. The molecule has 0 saturated heterocycles. The molecular weight excluding hydrogens is 401 g/mol. The first-order chi connectivity index (χ1) is 14.2. The van der Waals surface area contributed by atoms with Gasteiger partial charge in [-0.15, -0.1) is 0 Å². The molecule has 0 aliphatic heterocycles. The first kappa shape index (κ1) is 22.6. The number of benzene rings is 2. The van der Waals surface area contributed by atoms with Crippen molar-refractivity contribution >= 4 is 5.97 Å². The minimum Gasteiger partial charge on any atom is -0.501 e. The second-order valence-corrected chi connectivity index (χ2v) is 5.93. The Morgan fingerprint density at radius 3 is 2.17 bits per heavy atom. The van der Waals surface area contributed by atoms with Gasteiger partial charge in [0.25, 0.3) is 0 Å². The second-order valence-electron chi connectivity index (χ2n) is 5.93.